The van der Waals surface area contributed by atoms with E-state index in [9.17, 15) is 5.11 Å². The van der Waals surface area contributed by atoms with Crippen LogP contribution in [0.3, 0.4) is 0 Å². The molecule has 5 aliphatic carbocycles. The zero-order chi connectivity index (χ0) is 23.5. The van der Waals surface area contributed by atoms with E-state index in [1.165, 1.54) is 64.2 Å². The van der Waals surface area contributed by atoms with Gasteiger partial charge >= 0.3 is 0 Å². The van der Waals surface area contributed by atoms with Crippen LogP contribution in [0, 0.1) is 62.6 Å². The average Bonchev–Trinajstić information content (AvgIpc) is 2.98. The summed E-state index contributed by atoms with van der Waals surface area (Å²) in [5.41, 5.74) is 1.88. The molecule has 5 aliphatic rings. The summed E-state index contributed by atoms with van der Waals surface area (Å²) < 4.78 is 0. The third kappa shape index (κ3) is 2.85. The Morgan fingerprint density at radius 3 is 1.81 bits per heavy atom. The van der Waals surface area contributed by atoms with Gasteiger partial charge in [0.2, 0.25) is 0 Å². The van der Waals surface area contributed by atoms with Gasteiger partial charge in [-0.25, -0.2) is 0 Å². The van der Waals surface area contributed by atoms with Gasteiger partial charge in [0.1, 0.15) is 0 Å². The lowest BCUT2D eigenvalue weighted by molar-refractivity contribution is -0.247. The van der Waals surface area contributed by atoms with E-state index in [0.29, 0.717) is 33.0 Å². The van der Waals surface area contributed by atoms with Crippen LogP contribution in [0.2, 0.25) is 0 Å². The molecule has 0 amide bonds. The summed E-state index contributed by atoms with van der Waals surface area (Å²) in [5, 5.41) is 11.0. The largest absolute Gasteiger partial charge is 0.390 e. The van der Waals surface area contributed by atoms with Crippen molar-refractivity contribution in [2.75, 3.05) is 0 Å². The molecule has 0 spiro atoms. The standard InChI is InChI=1S/C31H54O/c1-20-18-26(2,3)23-14-17-31(9)25(29(23,7)19-20)11-10-24-28(6)15-12-21(27(4,5)32)22(28)13-16-30(24,31)8/h20-25,32H,10-19H2,1-9H3/t20-,21-,22-,23+,24+,25+,28-,29-,30+,31+/m0/s1. The Morgan fingerprint density at radius 2 is 1.22 bits per heavy atom. The normalized spacial score (nSPS) is 57.2. The molecule has 0 radical (unpaired) electrons. The van der Waals surface area contributed by atoms with Crippen molar-refractivity contribution >= 4 is 0 Å². The smallest absolute Gasteiger partial charge is 0.0622 e. The minimum Gasteiger partial charge on any atom is -0.390 e. The zero-order valence-corrected chi connectivity index (χ0v) is 23.0. The van der Waals surface area contributed by atoms with E-state index in [-0.39, 0.29) is 0 Å². The van der Waals surface area contributed by atoms with E-state index < -0.39 is 5.60 Å². The fourth-order valence-corrected chi connectivity index (χ4v) is 12.8. The maximum Gasteiger partial charge on any atom is 0.0622 e. The Balaban J connectivity index is 1.52. The first-order chi connectivity index (χ1) is 14.6. The molecule has 10 atom stereocenters. The maximum absolute atomic E-state index is 11.0. The van der Waals surface area contributed by atoms with Crippen molar-refractivity contribution in [1.29, 1.82) is 0 Å². The van der Waals surface area contributed by atoms with Crippen molar-refractivity contribution in [3.05, 3.63) is 0 Å². The quantitative estimate of drug-likeness (QED) is 0.431. The SMILES string of the molecule is C[C@H]1CC(C)(C)[C@H]2CC[C@]3(C)[C@H](CC[C@@H]4[C@@]5(C)CC[C@H](C(C)(C)O)[C@@H]5CC[C@]43C)[C@@]2(C)C1. The molecule has 1 nitrogen and oxygen atoms in total. The number of rotatable bonds is 1. The topological polar surface area (TPSA) is 20.2 Å². The van der Waals surface area contributed by atoms with Gasteiger partial charge in [-0.1, -0.05) is 48.5 Å². The van der Waals surface area contributed by atoms with E-state index >= 15 is 0 Å². The molecular formula is C31H54O. The Bertz CT molecular complexity index is 761. The molecule has 1 heteroatoms. The van der Waals surface area contributed by atoms with E-state index in [1.807, 2.05) is 0 Å². The summed E-state index contributed by atoms with van der Waals surface area (Å²) in [6.07, 6.45) is 14.0. The minimum absolute atomic E-state index is 0.433. The third-order valence-corrected chi connectivity index (χ3v) is 13.7. The van der Waals surface area contributed by atoms with Crippen molar-refractivity contribution < 1.29 is 5.11 Å². The highest BCUT2D eigenvalue weighted by Gasteiger charge is 2.70. The minimum atomic E-state index is -0.521. The predicted octanol–water partition coefficient (Wildman–Crippen LogP) is 8.49. The molecule has 0 bridgehead atoms. The summed E-state index contributed by atoms with van der Waals surface area (Å²) >= 11 is 0. The molecule has 0 unspecified atom stereocenters. The molecule has 0 aliphatic heterocycles. The van der Waals surface area contributed by atoms with Crippen LogP contribution < -0.4 is 0 Å². The first-order valence-electron chi connectivity index (χ1n) is 14.3. The predicted molar refractivity (Wildman–Crippen MR) is 135 cm³/mol. The highest BCUT2D eigenvalue weighted by atomic mass is 16.3. The number of hydrogen-bond acceptors (Lipinski definition) is 1. The summed E-state index contributed by atoms with van der Waals surface area (Å²) in [5.74, 6) is 4.73. The molecule has 5 rings (SSSR count). The Labute approximate surface area is 199 Å². The second-order valence-electron chi connectivity index (χ2n) is 16.1. The van der Waals surface area contributed by atoms with Gasteiger partial charge in [-0.2, -0.15) is 0 Å². The lowest BCUT2D eigenvalue weighted by Crippen LogP contribution is -2.66. The molecule has 0 aromatic rings. The summed E-state index contributed by atoms with van der Waals surface area (Å²) in [6.45, 7) is 22.8. The van der Waals surface area contributed by atoms with Crippen LogP contribution in [0.25, 0.3) is 0 Å². The number of fused-ring (bicyclic) bond motifs is 7. The first-order valence-corrected chi connectivity index (χ1v) is 14.3. The Morgan fingerprint density at radius 1 is 0.656 bits per heavy atom. The van der Waals surface area contributed by atoms with Gasteiger partial charge in [0.15, 0.2) is 0 Å². The summed E-state index contributed by atoms with van der Waals surface area (Å²) in [6, 6.07) is 0. The maximum atomic E-state index is 11.0. The molecule has 0 saturated heterocycles. The highest BCUT2D eigenvalue weighted by Crippen LogP contribution is 2.78. The van der Waals surface area contributed by atoms with Crippen LogP contribution in [0.4, 0.5) is 0 Å². The number of aliphatic hydroxyl groups is 1. The van der Waals surface area contributed by atoms with Crippen LogP contribution >= 0.6 is 0 Å². The van der Waals surface area contributed by atoms with E-state index in [0.717, 1.165) is 29.6 Å². The lowest BCUT2D eigenvalue weighted by atomic mass is 9.31. The van der Waals surface area contributed by atoms with Crippen molar-refractivity contribution in [2.45, 2.75) is 132 Å². The van der Waals surface area contributed by atoms with Crippen molar-refractivity contribution in [2.24, 2.45) is 62.6 Å². The zero-order valence-electron chi connectivity index (χ0n) is 23.0. The highest BCUT2D eigenvalue weighted by molar-refractivity contribution is 5.19. The second kappa shape index (κ2) is 6.79. The fourth-order valence-electron chi connectivity index (χ4n) is 12.8. The summed E-state index contributed by atoms with van der Waals surface area (Å²) in [7, 11) is 0. The molecule has 32 heavy (non-hydrogen) atoms. The van der Waals surface area contributed by atoms with Crippen LogP contribution in [0.15, 0.2) is 0 Å². The van der Waals surface area contributed by atoms with Crippen molar-refractivity contribution in [3.8, 4) is 0 Å². The van der Waals surface area contributed by atoms with Crippen LogP contribution in [-0.2, 0) is 0 Å². The molecule has 0 heterocycles. The van der Waals surface area contributed by atoms with Crippen molar-refractivity contribution in [3.63, 3.8) is 0 Å². The monoisotopic (exact) mass is 442 g/mol. The molecule has 0 aromatic carbocycles. The molecule has 5 saturated carbocycles. The van der Waals surface area contributed by atoms with Gasteiger partial charge in [0.05, 0.1) is 5.60 Å². The molecule has 0 aromatic heterocycles. The van der Waals surface area contributed by atoms with Gasteiger partial charge in [-0.15, -0.1) is 0 Å². The van der Waals surface area contributed by atoms with Crippen LogP contribution in [0.1, 0.15) is 127 Å². The van der Waals surface area contributed by atoms with Crippen LogP contribution in [-0.4, -0.2) is 10.7 Å². The Kier molecular flexibility index (Phi) is 5.03. The number of hydrogen-bond donors (Lipinski definition) is 1. The lowest BCUT2D eigenvalue weighted by Gasteiger charge is -2.73. The second-order valence-corrected chi connectivity index (χ2v) is 16.1. The van der Waals surface area contributed by atoms with E-state index in [4.69, 9.17) is 0 Å². The average molecular weight is 443 g/mol. The Hall–Kier alpha value is -0.0400. The van der Waals surface area contributed by atoms with Gasteiger partial charge in [0.25, 0.3) is 0 Å². The van der Waals surface area contributed by atoms with Crippen molar-refractivity contribution in [1.82, 2.24) is 0 Å². The van der Waals surface area contributed by atoms with Gasteiger partial charge in [-0.3, -0.25) is 0 Å². The summed E-state index contributed by atoms with van der Waals surface area (Å²) in [4.78, 5) is 0. The van der Waals surface area contributed by atoms with Crippen LogP contribution in [0.5, 0.6) is 0 Å². The van der Waals surface area contributed by atoms with Gasteiger partial charge in [-0.05, 0) is 141 Å². The third-order valence-electron chi connectivity index (χ3n) is 13.7. The first kappa shape index (κ1) is 23.7. The van der Waals surface area contributed by atoms with E-state index in [2.05, 4.69) is 62.3 Å². The van der Waals surface area contributed by atoms with Gasteiger partial charge < -0.3 is 5.11 Å². The van der Waals surface area contributed by atoms with E-state index in [1.54, 1.807) is 0 Å². The molecule has 1 N–H and O–H groups in total. The van der Waals surface area contributed by atoms with Gasteiger partial charge in [0, 0.05) is 0 Å². The molecule has 184 valence electrons. The fraction of sp³-hybridized carbons (Fsp3) is 1.00. The molecular weight excluding hydrogens is 388 g/mol. The molecule has 5 fully saturated rings.